The molecule has 20 heavy (non-hydrogen) atoms. The summed E-state index contributed by atoms with van der Waals surface area (Å²) in [5.74, 6) is 0.0707. The maximum atomic E-state index is 12.4. The van der Waals surface area contributed by atoms with Crippen LogP contribution >= 0.6 is 23.1 Å². The molecule has 2 nitrogen and oxygen atoms in total. The summed E-state index contributed by atoms with van der Waals surface area (Å²) in [6.07, 6.45) is 0. The Labute approximate surface area is 124 Å². The maximum Gasteiger partial charge on any atom is 0.243 e. The second kappa shape index (κ2) is 4.65. The number of amides is 1. The predicted octanol–water partition coefficient (Wildman–Crippen LogP) is 4.69. The van der Waals surface area contributed by atoms with E-state index in [2.05, 4.69) is 29.6 Å². The van der Waals surface area contributed by atoms with Crippen molar-refractivity contribution in [1.29, 1.82) is 0 Å². The number of nitrogens with one attached hydrogen (secondary N) is 1. The fourth-order valence-electron chi connectivity index (χ4n) is 2.48. The van der Waals surface area contributed by atoms with Crippen LogP contribution in [0.15, 0.2) is 58.8 Å². The number of anilines is 1. The van der Waals surface area contributed by atoms with Crippen molar-refractivity contribution in [2.75, 3.05) is 5.32 Å². The quantitative estimate of drug-likeness (QED) is 0.706. The lowest BCUT2D eigenvalue weighted by atomic mass is 10.1. The molecule has 98 valence electrons. The lowest BCUT2D eigenvalue weighted by Crippen LogP contribution is -2.22. The van der Waals surface area contributed by atoms with Crippen LogP contribution in [0.5, 0.6) is 0 Å². The minimum absolute atomic E-state index is 0.0707. The van der Waals surface area contributed by atoms with Crippen LogP contribution in [0.3, 0.4) is 0 Å². The van der Waals surface area contributed by atoms with Gasteiger partial charge in [0, 0.05) is 15.2 Å². The highest BCUT2D eigenvalue weighted by molar-refractivity contribution is 8.00. The molecular formula is C16H11NOS2. The molecule has 0 saturated heterocycles. The highest BCUT2D eigenvalue weighted by Crippen LogP contribution is 2.47. The monoisotopic (exact) mass is 297 g/mol. The Kier molecular flexibility index (Phi) is 2.79. The zero-order valence-electron chi connectivity index (χ0n) is 10.5. The summed E-state index contributed by atoms with van der Waals surface area (Å²) in [6, 6.07) is 16.4. The molecule has 4 heteroatoms. The van der Waals surface area contributed by atoms with Crippen molar-refractivity contribution in [2.24, 2.45) is 0 Å². The summed E-state index contributed by atoms with van der Waals surface area (Å²) in [5, 5.41) is 7.23. The standard InChI is InChI=1S/C16H11NOS2/c18-16-15(13-6-3-9-19-13)20-12-8-7-10-4-1-2-5-11(10)14(12)17-16/h1-9,15H,(H,17,18). The summed E-state index contributed by atoms with van der Waals surface area (Å²) in [6.45, 7) is 0. The summed E-state index contributed by atoms with van der Waals surface area (Å²) in [4.78, 5) is 14.6. The number of thiophene rings is 1. The third-order valence-corrected chi connectivity index (χ3v) is 5.81. The lowest BCUT2D eigenvalue weighted by Gasteiger charge is -2.24. The van der Waals surface area contributed by atoms with Gasteiger partial charge in [0.15, 0.2) is 0 Å². The van der Waals surface area contributed by atoms with Crippen molar-refractivity contribution in [3.63, 3.8) is 0 Å². The van der Waals surface area contributed by atoms with E-state index in [1.165, 1.54) is 0 Å². The Bertz CT molecular complexity index is 795. The predicted molar refractivity (Wildman–Crippen MR) is 85.5 cm³/mol. The van der Waals surface area contributed by atoms with Gasteiger partial charge in [0.2, 0.25) is 5.91 Å². The zero-order valence-corrected chi connectivity index (χ0v) is 12.1. The van der Waals surface area contributed by atoms with Crippen molar-refractivity contribution in [2.45, 2.75) is 10.1 Å². The third-order valence-electron chi connectivity index (χ3n) is 3.42. The van der Waals surface area contributed by atoms with Crippen LogP contribution in [-0.4, -0.2) is 5.91 Å². The molecule has 1 unspecified atom stereocenters. The van der Waals surface area contributed by atoms with Crippen LogP contribution < -0.4 is 5.32 Å². The first-order valence-corrected chi connectivity index (χ1v) is 8.11. The average molecular weight is 297 g/mol. The number of carbonyl (C=O) groups excluding carboxylic acids is 1. The van der Waals surface area contributed by atoms with E-state index in [1.54, 1.807) is 23.1 Å². The third kappa shape index (κ3) is 1.84. The van der Waals surface area contributed by atoms with Crippen molar-refractivity contribution in [3.05, 3.63) is 58.8 Å². The fraction of sp³-hybridized carbons (Fsp3) is 0.0625. The molecule has 1 aromatic heterocycles. The smallest absolute Gasteiger partial charge is 0.243 e. The minimum Gasteiger partial charge on any atom is -0.323 e. The largest absolute Gasteiger partial charge is 0.323 e. The highest BCUT2D eigenvalue weighted by atomic mass is 32.2. The summed E-state index contributed by atoms with van der Waals surface area (Å²) >= 11 is 3.27. The van der Waals surface area contributed by atoms with Crippen molar-refractivity contribution in [3.8, 4) is 0 Å². The number of benzene rings is 2. The topological polar surface area (TPSA) is 29.1 Å². The SMILES string of the molecule is O=C1Nc2c(ccc3ccccc23)SC1c1cccs1. The van der Waals surface area contributed by atoms with Gasteiger partial charge in [-0.05, 0) is 22.9 Å². The van der Waals surface area contributed by atoms with Gasteiger partial charge in [0.05, 0.1) is 5.69 Å². The van der Waals surface area contributed by atoms with E-state index < -0.39 is 0 Å². The summed E-state index contributed by atoms with van der Waals surface area (Å²) in [7, 11) is 0. The summed E-state index contributed by atoms with van der Waals surface area (Å²) in [5.41, 5.74) is 0.950. The molecule has 1 aliphatic heterocycles. The number of hydrogen-bond acceptors (Lipinski definition) is 3. The van der Waals surface area contributed by atoms with E-state index >= 15 is 0 Å². The second-order valence-electron chi connectivity index (χ2n) is 4.66. The molecule has 1 aliphatic rings. The first kappa shape index (κ1) is 12.0. The molecule has 0 spiro atoms. The Morgan fingerprint density at radius 2 is 1.90 bits per heavy atom. The Morgan fingerprint density at radius 3 is 2.75 bits per heavy atom. The molecule has 1 atom stereocenters. The first-order chi connectivity index (χ1) is 9.83. The second-order valence-corrected chi connectivity index (χ2v) is 6.79. The molecular weight excluding hydrogens is 286 g/mol. The first-order valence-electron chi connectivity index (χ1n) is 6.35. The number of fused-ring (bicyclic) bond motifs is 3. The van der Waals surface area contributed by atoms with E-state index in [0.717, 1.165) is 26.2 Å². The number of thioether (sulfide) groups is 1. The minimum atomic E-state index is -0.135. The molecule has 0 radical (unpaired) electrons. The Morgan fingerprint density at radius 1 is 1.00 bits per heavy atom. The molecule has 1 amide bonds. The highest BCUT2D eigenvalue weighted by Gasteiger charge is 2.29. The molecule has 1 N–H and O–H groups in total. The van der Waals surface area contributed by atoms with Gasteiger partial charge in [-0.2, -0.15) is 0 Å². The Hall–Kier alpha value is -1.78. The van der Waals surface area contributed by atoms with Crippen LogP contribution in [0.25, 0.3) is 10.8 Å². The van der Waals surface area contributed by atoms with Crippen molar-refractivity contribution < 1.29 is 4.79 Å². The van der Waals surface area contributed by atoms with Crippen molar-refractivity contribution >= 4 is 45.5 Å². The van der Waals surface area contributed by atoms with Gasteiger partial charge in [0.1, 0.15) is 5.25 Å². The van der Waals surface area contributed by atoms with Gasteiger partial charge in [-0.1, -0.05) is 36.4 Å². The van der Waals surface area contributed by atoms with E-state index in [4.69, 9.17) is 0 Å². The van der Waals surface area contributed by atoms with E-state index in [-0.39, 0.29) is 11.2 Å². The Balaban J connectivity index is 1.84. The van der Waals surface area contributed by atoms with Gasteiger partial charge in [-0.15, -0.1) is 23.1 Å². The van der Waals surface area contributed by atoms with Crippen molar-refractivity contribution in [1.82, 2.24) is 0 Å². The number of carbonyl (C=O) groups is 1. The van der Waals surface area contributed by atoms with E-state index in [0.29, 0.717) is 0 Å². The normalized spacial score (nSPS) is 17.8. The lowest BCUT2D eigenvalue weighted by molar-refractivity contribution is -0.115. The van der Waals surface area contributed by atoms with Gasteiger partial charge in [0.25, 0.3) is 0 Å². The van der Waals surface area contributed by atoms with E-state index in [9.17, 15) is 4.79 Å². The molecule has 2 heterocycles. The number of hydrogen-bond donors (Lipinski definition) is 1. The summed E-state index contributed by atoms with van der Waals surface area (Å²) < 4.78 is 0. The molecule has 3 aromatic rings. The van der Waals surface area contributed by atoms with Crippen LogP contribution in [0, 0.1) is 0 Å². The molecule has 0 fully saturated rings. The van der Waals surface area contributed by atoms with Gasteiger partial charge >= 0.3 is 0 Å². The molecule has 0 saturated carbocycles. The fourth-order valence-corrected chi connectivity index (χ4v) is 4.53. The van der Waals surface area contributed by atoms with E-state index in [1.807, 2.05) is 29.6 Å². The van der Waals surface area contributed by atoms with Crippen LogP contribution in [0.2, 0.25) is 0 Å². The average Bonchev–Trinajstić information content (AvgIpc) is 3.00. The van der Waals surface area contributed by atoms with Crippen LogP contribution in [-0.2, 0) is 4.79 Å². The van der Waals surface area contributed by atoms with Gasteiger partial charge in [-0.3, -0.25) is 4.79 Å². The van der Waals surface area contributed by atoms with Gasteiger partial charge in [-0.25, -0.2) is 0 Å². The maximum absolute atomic E-state index is 12.4. The molecule has 0 bridgehead atoms. The molecule has 4 rings (SSSR count). The molecule has 2 aromatic carbocycles. The zero-order chi connectivity index (χ0) is 13.5. The van der Waals surface area contributed by atoms with Crippen LogP contribution in [0.1, 0.15) is 10.1 Å². The van der Waals surface area contributed by atoms with Crippen LogP contribution in [0.4, 0.5) is 5.69 Å². The number of rotatable bonds is 1. The molecule has 0 aliphatic carbocycles. The van der Waals surface area contributed by atoms with Gasteiger partial charge < -0.3 is 5.32 Å².